The Morgan fingerprint density at radius 2 is 1.81 bits per heavy atom. The quantitative estimate of drug-likeness (QED) is 0.872. The molecule has 2 amide bonds. The highest BCUT2D eigenvalue weighted by Gasteiger charge is 2.42. The second kappa shape index (κ2) is 5.58. The minimum Gasteiger partial charge on any atom is -0.378 e. The van der Waals surface area contributed by atoms with Crippen LogP contribution < -0.4 is 15.5 Å². The van der Waals surface area contributed by atoms with Crippen molar-refractivity contribution in [3.8, 4) is 0 Å². The van der Waals surface area contributed by atoms with Gasteiger partial charge in [-0.15, -0.1) is 0 Å². The SMILES string of the molecule is Cc1cc(N(C)C)ccc1NC(=O)NC(C1CC1)C1CC1. The van der Waals surface area contributed by atoms with Gasteiger partial charge in [-0.1, -0.05) is 0 Å². The topological polar surface area (TPSA) is 44.4 Å². The van der Waals surface area contributed by atoms with Crippen LogP contribution in [0.4, 0.5) is 16.2 Å². The van der Waals surface area contributed by atoms with E-state index in [-0.39, 0.29) is 6.03 Å². The van der Waals surface area contributed by atoms with Gasteiger partial charge in [-0.3, -0.25) is 0 Å². The van der Waals surface area contributed by atoms with Gasteiger partial charge in [-0.25, -0.2) is 4.79 Å². The summed E-state index contributed by atoms with van der Waals surface area (Å²) in [7, 11) is 4.04. The summed E-state index contributed by atoms with van der Waals surface area (Å²) in [6.45, 7) is 2.03. The van der Waals surface area contributed by atoms with Crippen LogP contribution in [0.5, 0.6) is 0 Å². The van der Waals surface area contributed by atoms with E-state index in [1.807, 2.05) is 33.2 Å². The van der Waals surface area contributed by atoms with Gasteiger partial charge in [0.2, 0.25) is 0 Å². The van der Waals surface area contributed by atoms with Crippen molar-refractivity contribution in [2.75, 3.05) is 24.3 Å². The van der Waals surface area contributed by atoms with Gasteiger partial charge in [0.1, 0.15) is 0 Å². The van der Waals surface area contributed by atoms with Crippen LogP contribution in [0.1, 0.15) is 31.2 Å². The van der Waals surface area contributed by atoms with Gasteiger partial charge in [0.25, 0.3) is 0 Å². The highest BCUT2D eigenvalue weighted by atomic mass is 16.2. The van der Waals surface area contributed by atoms with E-state index < -0.39 is 0 Å². The number of hydrogen-bond acceptors (Lipinski definition) is 2. The Kier molecular flexibility index (Phi) is 3.79. The molecule has 0 spiro atoms. The average Bonchev–Trinajstić information content (AvgIpc) is 3.30. The molecular weight excluding hydrogens is 262 g/mol. The summed E-state index contributed by atoms with van der Waals surface area (Å²) in [5.74, 6) is 1.45. The number of rotatable bonds is 5. The zero-order chi connectivity index (χ0) is 15.0. The summed E-state index contributed by atoms with van der Waals surface area (Å²) < 4.78 is 0. The number of aryl methyl sites for hydroxylation is 1. The van der Waals surface area contributed by atoms with Gasteiger partial charge in [0.15, 0.2) is 0 Å². The fraction of sp³-hybridized carbons (Fsp3) is 0.588. The molecule has 0 bridgehead atoms. The molecule has 0 heterocycles. The zero-order valence-electron chi connectivity index (χ0n) is 13.1. The van der Waals surface area contributed by atoms with Crippen molar-refractivity contribution in [2.45, 2.75) is 38.6 Å². The van der Waals surface area contributed by atoms with E-state index in [1.165, 1.54) is 25.7 Å². The third kappa shape index (κ3) is 3.49. The predicted molar refractivity (Wildman–Crippen MR) is 86.9 cm³/mol. The number of hydrogen-bond donors (Lipinski definition) is 2. The molecule has 2 N–H and O–H groups in total. The van der Waals surface area contributed by atoms with Crippen molar-refractivity contribution in [1.82, 2.24) is 5.32 Å². The molecule has 1 aromatic rings. The van der Waals surface area contributed by atoms with Gasteiger partial charge < -0.3 is 15.5 Å². The van der Waals surface area contributed by atoms with Gasteiger partial charge in [0, 0.05) is 31.5 Å². The smallest absolute Gasteiger partial charge is 0.319 e. The lowest BCUT2D eigenvalue weighted by Gasteiger charge is -2.19. The van der Waals surface area contributed by atoms with Crippen molar-refractivity contribution in [3.63, 3.8) is 0 Å². The Balaban J connectivity index is 1.61. The fourth-order valence-corrected chi connectivity index (χ4v) is 2.91. The molecule has 114 valence electrons. The third-order valence-electron chi connectivity index (χ3n) is 4.53. The summed E-state index contributed by atoms with van der Waals surface area (Å²) in [4.78, 5) is 14.3. The van der Waals surface area contributed by atoms with Crippen LogP contribution in [0.15, 0.2) is 18.2 Å². The molecular formula is C17H25N3O. The molecule has 0 aliphatic heterocycles. The summed E-state index contributed by atoms with van der Waals surface area (Å²) in [6, 6.07) is 6.44. The first-order valence-corrected chi connectivity index (χ1v) is 7.90. The first-order valence-electron chi connectivity index (χ1n) is 7.90. The molecule has 2 saturated carbocycles. The second-order valence-electron chi connectivity index (χ2n) is 6.69. The van der Waals surface area contributed by atoms with Crippen LogP contribution in [0.2, 0.25) is 0 Å². The van der Waals surface area contributed by atoms with Gasteiger partial charge >= 0.3 is 6.03 Å². The summed E-state index contributed by atoms with van der Waals surface area (Å²) in [5.41, 5.74) is 3.13. The molecule has 0 atom stereocenters. The predicted octanol–water partition coefficient (Wildman–Crippen LogP) is 3.37. The Labute approximate surface area is 126 Å². The lowest BCUT2D eigenvalue weighted by atomic mass is 10.1. The van der Waals surface area contributed by atoms with E-state index in [4.69, 9.17) is 0 Å². The summed E-state index contributed by atoms with van der Waals surface area (Å²) in [6.07, 6.45) is 5.10. The van der Waals surface area contributed by atoms with Crippen LogP contribution in [-0.2, 0) is 0 Å². The molecule has 0 radical (unpaired) electrons. The Morgan fingerprint density at radius 1 is 1.19 bits per heavy atom. The normalized spacial score (nSPS) is 17.7. The van der Waals surface area contributed by atoms with E-state index >= 15 is 0 Å². The monoisotopic (exact) mass is 287 g/mol. The standard InChI is InChI=1S/C17H25N3O/c1-11-10-14(20(2)3)8-9-15(11)18-17(21)19-16(12-4-5-12)13-6-7-13/h8-10,12-13,16H,4-7H2,1-3H3,(H2,18,19,21). The number of nitrogens with zero attached hydrogens (tertiary/aromatic N) is 1. The second-order valence-corrected chi connectivity index (χ2v) is 6.69. The number of anilines is 2. The van der Waals surface area contributed by atoms with Crippen LogP contribution in [0.3, 0.4) is 0 Å². The lowest BCUT2D eigenvalue weighted by molar-refractivity contribution is 0.245. The molecule has 2 fully saturated rings. The molecule has 0 aromatic heterocycles. The van der Waals surface area contributed by atoms with E-state index in [2.05, 4.69) is 21.6 Å². The molecule has 2 aliphatic carbocycles. The maximum atomic E-state index is 12.2. The highest BCUT2D eigenvalue weighted by molar-refractivity contribution is 5.90. The molecule has 0 saturated heterocycles. The number of urea groups is 1. The highest BCUT2D eigenvalue weighted by Crippen LogP contribution is 2.44. The van der Waals surface area contributed by atoms with Crippen molar-refractivity contribution in [3.05, 3.63) is 23.8 Å². The van der Waals surface area contributed by atoms with E-state index in [1.54, 1.807) is 0 Å². The lowest BCUT2D eigenvalue weighted by Crippen LogP contribution is -2.40. The number of carbonyl (C=O) groups excluding carboxylic acids is 1. The van der Waals surface area contributed by atoms with Crippen molar-refractivity contribution >= 4 is 17.4 Å². The van der Waals surface area contributed by atoms with Gasteiger partial charge in [-0.05, 0) is 68.2 Å². The number of carbonyl (C=O) groups is 1. The number of benzene rings is 1. The molecule has 3 rings (SSSR count). The number of nitrogens with one attached hydrogen (secondary N) is 2. The molecule has 2 aliphatic rings. The summed E-state index contributed by atoms with van der Waals surface area (Å²) >= 11 is 0. The van der Waals surface area contributed by atoms with Crippen molar-refractivity contribution in [2.24, 2.45) is 11.8 Å². The van der Waals surface area contributed by atoms with Crippen LogP contribution in [-0.4, -0.2) is 26.2 Å². The molecule has 4 heteroatoms. The summed E-state index contributed by atoms with van der Waals surface area (Å²) in [5, 5.41) is 6.20. The number of amides is 2. The first kappa shape index (κ1) is 14.2. The Hall–Kier alpha value is -1.71. The zero-order valence-corrected chi connectivity index (χ0v) is 13.1. The minimum absolute atomic E-state index is 0.0560. The minimum atomic E-state index is -0.0560. The molecule has 1 aromatic carbocycles. The maximum absolute atomic E-state index is 12.2. The first-order chi connectivity index (χ1) is 10.0. The van der Waals surface area contributed by atoms with Crippen LogP contribution >= 0.6 is 0 Å². The fourth-order valence-electron chi connectivity index (χ4n) is 2.91. The van der Waals surface area contributed by atoms with E-state index in [9.17, 15) is 4.79 Å². The van der Waals surface area contributed by atoms with Gasteiger partial charge in [-0.2, -0.15) is 0 Å². The van der Waals surface area contributed by atoms with Gasteiger partial charge in [0.05, 0.1) is 0 Å². The average molecular weight is 287 g/mol. The van der Waals surface area contributed by atoms with Crippen molar-refractivity contribution in [1.29, 1.82) is 0 Å². The Bertz CT molecular complexity index is 521. The van der Waals surface area contributed by atoms with Crippen LogP contribution in [0, 0.1) is 18.8 Å². The van der Waals surface area contributed by atoms with Crippen molar-refractivity contribution < 1.29 is 4.79 Å². The third-order valence-corrected chi connectivity index (χ3v) is 4.53. The molecule has 0 unspecified atom stereocenters. The van der Waals surface area contributed by atoms with E-state index in [0.29, 0.717) is 6.04 Å². The van der Waals surface area contributed by atoms with E-state index in [0.717, 1.165) is 28.8 Å². The Morgan fingerprint density at radius 3 is 2.29 bits per heavy atom. The molecule has 4 nitrogen and oxygen atoms in total. The molecule has 21 heavy (non-hydrogen) atoms. The maximum Gasteiger partial charge on any atom is 0.319 e. The van der Waals surface area contributed by atoms with Crippen LogP contribution in [0.25, 0.3) is 0 Å². The largest absolute Gasteiger partial charge is 0.378 e.